The first-order valence-corrected chi connectivity index (χ1v) is 30.1. The lowest BCUT2D eigenvalue weighted by molar-refractivity contribution is -0.167. The van der Waals surface area contributed by atoms with E-state index in [0.717, 1.165) is 109 Å². The summed E-state index contributed by atoms with van der Waals surface area (Å²) in [6.07, 6.45) is 77.3. The van der Waals surface area contributed by atoms with Gasteiger partial charge in [-0.15, -0.1) is 0 Å². The number of ether oxygens (including phenoxy) is 3. The second kappa shape index (κ2) is 59.2. The number of hydrogen-bond donors (Lipinski definition) is 0. The number of allylic oxidation sites excluding steroid dienone is 14. The molecule has 0 aromatic rings. The average Bonchev–Trinajstić information content (AvgIpc) is 3.37. The molecule has 0 aliphatic carbocycles. The minimum Gasteiger partial charge on any atom is -0.462 e. The van der Waals surface area contributed by atoms with E-state index in [2.05, 4.69) is 106 Å². The summed E-state index contributed by atoms with van der Waals surface area (Å²) >= 11 is 0. The zero-order valence-corrected chi connectivity index (χ0v) is 46.7. The summed E-state index contributed by atoms with van der Waals surface area (Å²) in [5, 5.41) is 0. The molecule has 0 saturated heterocycles. The van der Waals surface area contributed by atoms with Gasteiger partial charge in [-0.05, 0) is 96.3 Å². The third-order valence-corrected chi connectivity index (χ3v) is 12.9. The lowest BCUT2D eigenvalue weighted by Gasteiger charge is -2.18. The highest BCUT2D eigenvalue weighted by Crippen LogP contribution is 2.15. The summed E-state index contributed by atoms with van der Waals surface area (Å²) in [5.41, 5.74) is 0. The van der Waals surface area contributed by atoms with Crippen LogP contribution in [0.4, 0.5) is 0 Å². The Morgan fingerprint density at radius 2 is 0.549 bits per heavy atom. The van der Waals surface area contributed by atoms with E-state index < -0.39 is 6.10 Å². The zero-order valence-electron chi connectivity index (χ0n) is 46.7. The fourth-order valence-corrected chi connectivity index (χ4v) is 8.38. The quantitative estimate of drug-likeness (QED) is 0.0261. The zero-order chi connectivity index (χ0) is 51.4. The molecule has 0 spiro atoms. The van der Waals surface area contributed by atoms with Gasteiger partial charge in [0.2, 0.25) is 0 Å². The van der Waals surface area contributed by atoms with E-state index in [0.29, 0.717) is 19.3 Å². The Bertz CT molecular complexity index is 1370. The molecule has 0 aromatic carbocycles. The van der Waals surface area contributed by atoms with Crippen LogP contribution < -0.4 is 0 Å². The molecule has 0 aliphatic rings. The summed E-state index contributed by atoms with van der Waals surface area (Å²) in [6, 6.07) is 0. The lowest BCUT2D eigenvalue weighted by atomic mass is 10.1. The molecule has 0 aromatic heterocycles. The Morgan fingerprint density at radius 3 is 0.859 bits per heavy atom. The van der Waals surface area contributed by atoms with Crippen LogP contribution in [0, 0.1) is 0 Å². The Labute approximate surface area is 439 Å². The van der Waals surface area contributed by atoms with Crippen molar-refractivity contribution in [3.63, 3.8) is 0 Å². The summed E-state index contributed by atoms with van der Waals surface area (Å²) in [5.74, 6) is -0.892. The van der Waals surface area contributed by atoms with Crippen LogP contribution in [-0.4, -0.2) is 37.2 Å². The van der Waals surface area contributed by atoms with Gasteiger partial charge in [0.1, 0.15) is 13.2 Å². The number of carbonyl (C=O) groups is 3. The Hall–Kier alpha value is -3.41. The molecule has 0 aliphatic heterocycles. The standard InChI is InChI=1S/C65H112O6/c1-4-7-10-13-16-19-21-23-25-27-29-31-32-34-35-37-39-41-43-46-49-52-55-58-64(67)70-61-62(60-69-63(66)57-54-51-48-45-18-15-12-9-6-3)71-65(68)59-56-53-50-47-44-42-40-38-36-33-30-28-26-24-22-20-17-14-11-8-5-2/h8,11,17,20-21,23-24,26-27,29-30,32-34,62H,4-7,9-10,12-16,18-19,22,25,28,31,35-61H2,1-3H3/b11-8-,20-17-,23-21-,26-24-,29-27-,33-30-,34-32-. The van der Waals surface area contributed by atoms with Gasteiger partial charge < -0.3 is 14.2 Å². The molecule has 0 fully saturated rings. The minimum absolute atomic E-state index is 0.0807. The molecular formula is C65H112O6. The van der Waals surface area contributed by atoms with Crippen molar-refractivity contribution in [2.45, 2.75) is 297 Å². The number of hydrogen-bond acceptors (Lipinski definition) is 6. The van der Waals surface area contributed by atoms with E-state index in [1.807, 2.05) is 0 Å². The average molecular weight is 990 g/mol. The number of carbonyl (C=O) groups excluding carboxylic acids is 3. The van der Waals surface area contributed by atoms with Crippen molar-refractivity contribution in [2.75, 3.05) is 13.2 Å². The molecule has 0 rings (SSSR count). The third kappa shape index (κ3) is 57.4. The molecule has 0 radical (unpaired) electrons. The van der Waals surface area contributed by atoms with Gasteiger partial charge in [-0.3, -0.25) is 14.4 Å². The highest BCUT2D eigenvalue weighted by atomic mass is 16.6. The normalized spacial score (nSPS) is 12.7. The maximum atomic E-state index is 12.9. The van der Waals surface area contributed by atoms with Gasteiger partial charge in [-0.1, -0.05) is 260 Å². The summed E-state index contributed by atoms with van der Waals surface area (Å²) in [6.45, 7) is 6.50. The van der Waals surface area contributed by atoms with Gasteiger partial charge in [0.15, 0.2) is 6.10 Å². The second-order valence-electron chi connectivity index (χ2n) is 19.9. The molecule has 0 amide bonds. The first-order chi connectivity index (χ1) is 35.0. The number of rotatable bonds is 54. The van der Waals surface area contributed by atoms with E-state index in [1.54, 1.807) is 0 Å². The minimum atomic E-state index is -0.783. The summed E-state index contributed by atoms with van der Waals surface area (Å²) in [4.78, 5) is 38.1. The van der Waals surface area contributed by atoms with Crippen molar-refractivity contribution in [1.82, 2.24) is 0 Å². The maximum absolute atomic E-state index is 12.9. The van der Waals surface area contributed by atoms with Gasteiger partial charge in [0.25, 0.3) is 0 Å². The second-order valence-corrected chi connectivity index (χ2v) is 19.9. The largest absolute Gasteiger partial charge is 0.462 e. The van der Waals surface area contributed by atoms with Crippen LogP contribution in [0.1, 0.15) is 290 Å². The van der Waals surface area contributed by atoms with Crippen molar-refractivity contribution >= 4 is 17.9 Å². The highest BCUT2D eigenvalue weighted by Gasteiger charge is 2.19. The Kier molecular flexibility index (Phi) is 56.3. The van der Waals surface area contributed by atoms with Crippen molar-refractivity contribution < 1.29 is 28.6 Å². The van der Waals surface area contributed by atoms with Crippen molar-refractivity contribution in [3.05, 3.63) is 85.1 Å². The molecule has 71 heavy (non-hydrogen) atoms. The van der Waals surface area contributed by atoms with E-state index in [1.165, 1.54) is 141 Å². The maximum Gasteiger partial charge on any atom is 0.306 e. The van der Waals surface area contributed by atoms with Crippen molar-refractivity contribution in [1.29, 1.82) is 0 Å². The van der Waals surface area contributed by atoms with Gasteiger partial charge in [-0.25, -0.2) is 0 Å². The molecule has 0 bridgehead atoms. The van der Waals surface area contributed by atoms with Crippen LogP contribution in [0.3, 0.4) is 0 Å². The van der Waals surface area contributed by atoms with Crippen LogP contribution in [0.25, 0.3) is 0 Å². The summed E-state index contributed by atoms with van der Waals surface area (Å²) < 4.78 is 16.8. The lowest BCUT2D eigenvalue weighted by Crippen LogP contribution is -2.30. The first kappa shape index (κ1) is 67.6. The topological polar surface area (TPSA) is 78.9 Å². The predicted molar refractivity (Wildman–Crippen MR) is 307 cm³/mol. The smallest absolute Gasteiger partial charge is 0.306 e. The van der Waals surface area contributed by atoms with Crippen LogP contribution in [0.5, 0.6) is 0 Å². The van der Waals surface area contributed by atoms with Gasteiger partial charge in [0.05, 0.1) is 0 Å². The fraction of sp³-hybridized carbons (Fsp3) is 0.738. The van der Waals surface area contributed by atoms with E-state index in [4.69, 9.17) is 14.2 Å². The predicted octanol–water partition coefficient (Wildman–Crippen LogP) is 20.3. The molecule has 0 heterocycles. The Balaban J connectivity index is 4.28. The molecule has 0 N–H and O–H groups in total. The van der Waals surface area contributed by atoms with Crippen molar-refractivity contribution in [3.8, 4) is 0 Å². The molecule has 6 nitrogen and oxygen atoms in total. The SMILES string of the molecule is CC/C=C\C/C=C\C/C=C\C/C=C\CCCCCCCCCCC(=O)OC(COC(=O)CCCCCCCCCCC)COC(=O)CCCCCCCCCC/C=C\C/C=C\C/C=C\CCCCCCC. The summed E-state index contributed by atoms with van der Waals surface area (Å²) in [7, 11) is 0. The molecule has 408 valence electrons. The third-order valence-electron chi connectivity index (χ3n) is 12.9. The number of unbranched alkanes of at least 4 members (excludes halogenated alkanes) is 29. The van der Waals surface area contributed by atoms with Crippen LogP contribution in [-0.2, 0) is 28.6 Å². The van der Waals surface area contributed by atoms with E-state index in [9.17, 15) is 14.4 Å². The fourth-order valence-electron chi connectivity index (χ4n) is 8.38. The molecule has 1 atom stereocenters. The van der Waals surface area contributed by atoms with E-state index >= 15 is 0 Å². The number of esters is 3. The Morgan fingerprint density at radius 1 is 0.296 bits per heavy atom. The first-order valence-electron chi connectivity index (χ1n) is 30.1. The molecule has 6 heteroatoms. The van der Waals surface area contributed by atoms with E-state index in [-0.39, 0.29) is 31.1 Å². The van der Waals surface area contributed by atoms with Gasteiger partial charge in [0, 0.05) is 19.3 Å². The van der Waals surface area contributed by atoms with Crippen LogP contribution in [0.2, 0.25) is 0 Å². The molecule has 1 unspecified atom stereocenters. The van der Waals surface area contributed by atoms with Crippen LogP contribution >= 0.6 is 0 Å². The van der Waals surface area contributed by atoms with Crippen molar-refractivity contribution in [2.24, 2.45) is 0 Å². The monoisotopic (exact) mass is 989 g/mol. The molecule has 0 saturated carbocycles. The van der Waals surface area contributed by atoms with Gasteiger partial charge in [-0.2, -0.15) is 0 Å². The van der Waals surface area contributed by atoms with Gasteiger partial charge >= 0.3 is 17.9 Å². The molecular weight excluding hydrogens is 877 g/mol. The highest BCUT2D eigenvalue weighted by molar-refractivity contribution is 5.71. The van der Waals surface area contributed by atoms with Crippen LogP contribution in [0.15, 0.2) is 85.1 Å².